The second-order valence-electron chi connectivity index (χ2n) is 6.04. The first-order chi connectivity index (χ1) is 11.3. The van der Waals surface area contributed by atoms with E-state index in [1.54, 1.807) is 18.9 Å². The van der Waals surface area contributed by atoms with Gasteiger partial charge < -0.3 is 10.2 Å². The van der Waals surface area contributed by atoms with E-state index in [4.69, 9.17) is 0 Å². The SMILES string of the molecule is Cc1ccc(C(C)N(C)C(=O)NC(C)c2ccc(F)c(F)c2)cc1. The highest BCUT2D eigenvalue weighted by Gasteiger charge is 2.19. The van der Waals surface area contributed by atoms with Crippen LogP contribution in [0.4, 0.5) is 13.6 Å². The van der Waals surface area contributed by atoms with Crippen LogP contribution in [-0.4, -0.2) is 18.0 Å². The minimum atomic E-state index is -0.921. The van der Waals surface area contributed by atoms with E-state index in [1.807, 2.05) is 38.1 Å². The molecule has 2 aromatic carbocycles. The molecule has 0 radical (unpaired) electrons. The Morgan fingerprint density at radius 2 is 1.58 bits per heavy atom. The molecule has 0 spiro atoms. The highest BCUT2D eigenvalue weighted by molar-refractivity contribution is 5.75. The fraction of sp³-hybridized carbons (Fsp3) is 0.316. The number of nitrogens with zero attached hydrogens (tertiary/aromatic N) is 1. The Morgan fingerprint density at radius 3 is 2.17 bits per heavy atom. The van der Waals surface area contributed by atoms with Crippen molar-refractivity contribution in [3.8, 4) is 0 Å². The lowest BCUT2D eigenvalue weighted by molar-refractivity contribution is 0.191. The van der Waals surface area contributed by atoms with E-state index in [2.05, 4.69) is 5.32 Å². The van der Waals surface area contributed by atoms with Gasteiger partial charge >= 0.3 is 6.03 Å². The number of halogens is 2. The number of urea groups is 1. The number of benzene rings is 2. The smallest absolute Gasteiger partial charge is 0.318 e. The summed E-state index contributed by atoms with van der Waals surface area (Å²) in [6, 6.07) is 10.8. The summed E-state index contributed by atoms with van der Waals surface area (Å²) in [5, 5.41) is 2.80. The van der Waals surface area contributed by atoms with Crippen LogP contribution in [-0.2, 0) is 0 Å². The van der Waals surface area contributed by atoms with E-state index in [0.29, 0.717) is 5.56 Å². The zero-order valence-electron chi connectivity index (χ0n) is 14.3. The quantitative estimate of drug-likeness (QED) is 0.862. The molecular formula is C19H22F2N2O. The van der Waals surface area contributed by atoms with E-state index in [1.165, 1.54) is 6.07 Å². The molecule has 0 bridgehead atoms. The van der Waals surface area contributed by atoms with Gasteiger partial charge in [-0.25, -0.2) is 13.6 Å². The molecule has 0 saturated carbocycles. The standard InChI is InChI=1S/C19H22F2N2O/c1-12-5-7-15(8-6-12)14(3)23(4)19(24)22-13(2)16-9-10-17(20)18(21)11-16/h5-11,13-14H,1-4H3,(H,22,24). The summed E-state index contributed by atoms with van der Waals surface area (Å²) < 4.78 is 26.3. The van der Waals surface area contributed by atoms with Gasteiger partial charge in [0, 0.05) is 7.05 Å². The van der Waals surface area contributed by atoms with Crippen LogP contribution in [0.1, 0.15) is 42.6 Å². The second-order valence-corrected chi connectivity index (χ2v) is 6.04. The van der Waals surface area contributed by atoms with Crippen LogP contribution >= 0.6 is 0 Å². The molecule has 0 aliphatic rings. The molecule has 5 heteroatoms. The fourth-order valence-corrected chi connectivity index (χ4v) is 2.40. The molecule has 0 aliphatic carbocycles. The van der Waals surface area contributed by atoms with E-state index < -0.39 is 17.7 Å². The summed E-state index contributed by atoms with van der Waals surface area (Å²) in [7, 11) is 1.71. The van der Waals surface area contributed by atoms with Gasteiger partial charge in [-0.2, -0.15) is 0 Å². The number of amides is 2. The van der Waals surface area contributed by atoms with Gasteiger partial charge in [0.1, 0.15) is 0 Å². The Bertz CT molecular complexity index is 716. The number of nitrogens with one attached hydrogen (secondary N) is 1. The molecule has 3 nitrogen and oxygen atoms in total. The highest BCUT2D eigenvalue weighted by Crippen LogP contribution is 2.21. The van der Waals surface area contributed by atoms with Crippen LogP contribution in [0.3, 0.4) is 0 Å². The Kier molecular flexibility index (Phi) is 5.54. The molecule has 128 valence electrons. The number of hydrogen-bond donors (Lipinski definition) is 1. The van der Waals surface area contributed by atoms with Gasteiger partial charge in [0.25, 0.3) is 0 Å². The van der Waals surface area contributed by atoms with Gasteiger partial charge in [-0.1, -0.05) is 35.9 Å². The van der Waals surface area contributed by atoms with Gasteiger partial charge in [-0.05, 0) is 44.0 Å². The van der Waals surface area contributed by atoms with E-state index in [-0.39, 0.29) is 12.1 Å². The number of carbonyl (C=O) groups is 1. The average Bonchev–Trinajstić information content (AvgIpc) is 2.56. The van der Waals surface area contributed by atoms with Crippen LogP contribution in [0.15, 0.2) is 42.5 Å². The second kappa shape index (κ2) is 7.43. The summed E-state index contributed by atoms with van der Waals surface area (Å²) >= 11 is 0. The molecule has 2 amide bonds. The van der Waals surface area contributed by atoms with Crippen molar-refractivity contribution < 1.29 is 13.6 Å². The fourth-order valence-electron chi connectivity index (χ4n) is 2.40. The average molecular weight is 332 g/mol. The maximum absolute atomic E-state index is 13.3. The minimum Gasteiger partial charge on any atom is -0.331 e. The first kappa shape index (κ1) is 17.9. The molecule has 0 aromatic heterocycles. The number of carbonyl (C=O) groups excluding carboxylic acids is 1. The van der Waals surface area contributed by atoms with Crippen LogP contribution in [0.5, 0.6) is 0 Å². The number of hydrogen-bond acceptors (Lipinski definition) is 1. The zero-order valence-corrected chi connectivity index (χ0v) is 14.3. The predicted octanol–water partition coefficient (Wildman–Crippen LogP) is 4.74. The monoisotopic (exact) mass is 332 g/mol. The van der Waals surface area contributed by atoms with Crippen molar-refractivity contribution in [2.24, 2.45) is 0 Å². The van der Waals surface area contributed by atoms with Crippen molar-refractivity contribution in [2.45, 2.75) is 32.9 Å². The Morgan fingerprint density at radius 1 is 1.00 bits per heavy atom. The molecule has 24 heavy (non-hydrogen) atoms. The first-order valence-electron chi connectivity index (χ1n) is 7.84. The molecule has 2 rings (SSSR count). The normalized spacial score (nSPS) is 13.2. The van der Waals surface area contributed by atoms with Crippen molar-refractivity contribution in [3.63, 3.8) is 0 Å². The molecule has 2 atom stereocenters. The molecule has 0 heterocycles. The summed E-state index contributed by atoms with van der Waals surface area (Å²) in [6.07, 6.45) is 0. The molecule has 1 N–H and O–H groups in total. The summed E-state index contributed by atoms with van der Waals surface area (Å²) in [6.45, 7) is 5.68. The summed E-state index contributed by atoms with van der Waals surface area (Å²) in [5.41, 5.74) is 2.70. The molecule has 2 unspecified atom stereocenters. The molecule has 2 aromatic rings. The summed E-state index contributed by atoms with van der Waals surface area (Å²) in [4.78, 5) is 14.0. The predicted molar refractivity (Wildman–Crippen MR) is 90.7 cm³/mol. The number of aryl methyl sites for hydroxylation is 1. The Labute approximate surface area is 141 Å². The largest absolute Gasteiger partial charge is 0.331 e. The third-order valence-electron chi connectivity index (χ3n) is 4.24. The van der Waals surface area contributed by atoms with Gasteiger partial charge in [0.15, 0.2) is 11.6 Å². The molecule has 0 aliphatic heterocycles. The lowest BCUT2D eigenvalue weighted by Crippen LogP contribution is -2.40. The minimum absolute atomic E-state index is 0.109. The van der Waals surface area contributed by atoms with E-state index in [9.17, 15) is 13.6 Å². The van der Waals surface area contributed by atoms with Crippen molar-refractivity contribution in [3.05, 3.63) is 70.8 Å². The first-order valence-corrected chi connectivity index (χ1v) is 7.84. The van der Waals surface area contributed by atoms with Crippen LogP contribution < -0.4 is 5.32 Å². The van der Waals surface area contributed by atoms with Gasteiger partial charge in [0.2, 0.25) is 0 Å². The van der Waals surface area contributed by atoms with Crippen molar-refractivity contribution in [1.82, 2.24) is 10.2 Å². The van der Waals surface area contributed by atoms with Crippen molar-refractivity contribution in [2.75, 3.05) is 7.05 Å². The van der Waals surface area contributed by atoms with E-state index >= 15 is 0 Å². The zero-order chi connectivity index (χ0) is 17.9. The van der Waals surface area contributed by atoms with Gasteiger partial charge in [-0.15, -0.1) is 0 Å². The van der Waals surface area contributed by atoms with Crippen LogP contribution in [0, 0.1) is 18.6 Å². The third-order valence-corrected chi connectivity index (χ3v) is 4.24. The maximum atomic E-state index is 13.3. The van der Waals surface area contributed by atoms with E-state index in [0.717, 1.165) is 23.3 Å². The van der Waals surface area contributed by atoms with Crippen LogP contribution in [0.2, 0.25) is 0 Å². The van der Waals surface area contributed by atoms with Crippen molar-refractivity contribution in [1.29, 1.82) is 0 Å². The highest BCUT2D eigenvalue weighted by atomic mass is 19.2. The Hall–Kier alpha value is -2.43. The van der Waals surface area contributed by atoms with Crippen molar-refractivity contribution >= 4 is 6.03 Å². The Balaban J connectivity index is 2.04. The maximum Gasteiger partial charge on any atom is 0.318 e. The summed E-state index contributed by atoms with van der Waals surface area (Å²) in [5.74, 6) is -1.82. The number of rotatable bonds is 4. The molecule has 0 fully saturated rings. The lowest BCUT2D eigenvalue weighted by Gasteiger charge is -2.27. The lowest BCUT2D eigenvalue weighted by atomic mass is 10.1. The topological polar surface area (TPSA) is 32.3 Å². The van der Waals surface area contributed by atoms with Gasteiger partial charge in [-0.3, -0.25) is 0 Å². The molecule has 0 saturated heterocycles. The van der Waals surface area contributed by atoms with Gasteiger partial charge in [0.05, 0.1) is 12.1 Å². The van der Waals surface area contributed by atoms with Crippen LogP contribution in [0.25, 0.3) is 0 Å². The third kappa shape index (κ3) is 4.10. The molecular weight excluding hydrogens is 310 g/mol.